The van der Waals surface area contributed by atoms with Crippen molar-refractivity contribution in [2.75, 3.05) is 31.9 Å². The number of thiazole rings is 1. The van der Waals surface area contributed by atoms with E-state index in [2.05, 4.69) is 15.6 Å². The number of fused-ring (bicyclic) bond motifs is 1. The number of benzene rings is 1. The number of carbonyl (C=O) groups is 1. The van der Waals surface area contributed by atoms with Gasteiger partial charge in [0.25, 0.3) is 0 Å². The van der Waals surface area contributed by atoms with Crippen molar-refractivity contribution in [1.82, 2.24) is 4.98 Å². The molecule has 1 aromatic heterocycles. The largest absolute Gasteiger partial charge is 0.493 e. The Hall–Kier alpha value is -2.28. The number of hydrogen-bond donors (Lipinski definition) is 2. The number of carbonyl (C=O) groups excluding carboxylic acids is 1. The summed E-state index contributed by atoms with van der Waals surface area (Å²) in [5, 5.41) is 6.64. The van der Waals surface area contributed by atoms with E-state index in [0.29, 0.717) is 23.7 Å². The molecule has 1 aliphatic heterocycles. The summed E-state index contributed by atoms with van der Waals surface area (Å²) in [4.78, 5) is 17.4. The molecule has 3 rings (SSSR count). The van der Waals surface area contributed by atoms with Gasteiger partial charge >= 0.3 is 0 Å². The number of methoxy groups -OCH3 is 2. The molecule has 1 aromatic carbocycles. The highest BCUT2D eigenvalue weighted by Crippen LogP contribution is 2.43. The first-order valence-corrected chi connectivity index (χ1v) is 7.68. The van der Waals surface area contributed by atoms with E-state index in [1.165, 1.54) is 0 Å². The van der Waals surface area contributed by atoms with Crippen LogP contribution in [0.25, 0.3) is 0 Å². The summed E-state index contributed by atoms with van der Waals surface area (Å²) in [7, 11) is 5.02. The van der Waals surface area contributed by atoms with Crippen LogP contribution in [0.4, 0.5) is 10.9 Å². The third-order valence-electron chi connectivity index (χ3n) is 3.64. The fourth-order valence-electron chi connectivity index (χ4n) is 2.56. The van der Waals surface area contributed by atoms with Crippen molar-refractivity contribution in [2.24, 2.45) is 0 Å². The Bertz CT molecular complexity index is 714. The first-order valence-electron chi connectivity index (χ1n) is 6.86. The predicted octanol–water partition coefficient (Wildman–Crippen LogP) is 2.68. The van der Waals surface area contributed by atoms with E-state index in [1.54, 1.807) is 25.6 Å². The molecule has 7 heteroatoms. The fraction of sp³-hybridized carbons (Fsp3) is 0.333. The highest BCUT2D eigenvalue weighted by Gasteiger charge is 2.30. The SMILES string of the molecule is CNc1nc2c(s1)C(c1ccc(OC)c(OC)c1)CC(=O)N2. The molecule has 0 saturated heterocycles. The molecule has 6 nitrogen and oxygen atoms in total. The number of nitrogens with zero attached hydrogens (tertiary/aromatic N) is 1. The molecular formula is C15H17N3O3S. The average molecular weight is 319 g/mol. The highest BCUT2D eigenvalue weighted by atomic mass is 32.1. The van der Waals surface area contributed by atoms with Crippen LogP contribution >= 0.6 is 11.3 Å². The molecule has 0 spiro atoms. The minimum atomic E-state index is -0.0276. The maximum atomic E-state index is 12.0. The van der Waals surface area contributed by atoms with Crippen molar-refractivity contribution in [3.8, 4) is 11.5 Å². The maximum Gasteiger partial charge on any atom is 0.226 e. The van der Waals surface area contributed by atoms with Crippen LogP contribution in [0.1, 0.15) is 22.8 Å². The minimum Gasteiger partial charge on any atom is -0.493 e. The van der Waals surface area contributed by atoms with Crippen LogP contribution in [0.15, 0.2) is 18.2 Å². The number of rotatable bonds is 4. The molecule has 1 amide bonds. The first kappa shape index (κ1) is 14.6. The van der Waals surface area contributed by atoms with Crippen LogP contribution in [-0.4, -0.2) is 32.2 Å². The van der Waals surface area contributed by atoms with Crippen LogP contribution < -0.4 is 20.1 Å². The lowest BCUT2D eigenvalue weighted by molar-refractivity contribution is -0.116. The molecule has 1 atom stereocenters. The Balaban J connectivity index is 2.05. The van der Waals surface area contributed by atoms with Crippen LogP contribution in [-0.2, 0) is 4.79 Å². The fourth-order valence-corrected chi connectivity index (χ4v) is 3.57. The van der Waals surface area contributed by atoms with Crippen molar-refractivity contribution in [1.29, 1.82) is 0 Å². The Morgan fingerprint density at radius 3 is 2.77 bits per heavy atom. The van der Waals surface area contributed by atoms with E-state index in [9.17, 15) is 4.79 Å². The molecule has 1 unspecified atom stereocenters. The molecule has 2 N–H and O–H groups in total. The Kier molecular flexibility index (Phi) is 3.89. The summed E-state index contributed by atoms with van der Waals surface area (Å²) >= 11 is 1.55. The van der Waals surface area contributed by atoms with Crippen molar-refractivity contribution in [3.63, 3.8) is 0 Å². The van der Waals surface area contributed by atoms with Gasteiger partial charge in [-0.2, -0.15) is 0 Å². The molecule has 0 fully saturated rings. The zero-order valence-corrected chi connectivity index (χ0v) is 13.4. The van der Waals surface area contributed by atoms with Gasteiger partial charge in [-0.1, -0.05) is 17.4 Å². The minimum absolute atomic E-state index is 0.0249. The van der Waals surface area contributed by atoms with Crippen molar-refractivity contribution < 1.29 is 14.3 Å². The van der Waals surface area contributed by atoms with Crippen molar-refractivity contribution in [2.45, 2.75) is 12.3 Å². The second kappa shape index (κ2) is 5.84. The van der Waals surface area contributed by atoms with E-state index in [-0.39, 0.29) is 11.8 Å². The van der Waals surface area contributed by atoms with Gasteiger partial charge < -0.3 is 20.1 Å². The van der Waals surface area contributed by atoms with Crippen LogP contribution in [0.2, 0.25) is 0 Å². The second-order valence-corrected chi connectivity index (χ2v) is 5.93. The molecule has 0 saturated carbocycles. The summed E-state index contributed by atoms with van der Waals surface area (Å²) in [5.74, 6) is 1.92. The van der Waals surface area contributed by atoms with Gasteiger partial charge in [0, 0.05) is 19.4 Å². The van der Waals surface area contributed by atoms with Gasteiger partial charge in [0.05, 0.1) is 19.1 Å². The van der Waals surface area contributed by atoms with E-state index in [1.807, 2.05) is 25.2 Å². The number of aromatic nitrogens is 1. The van der Waals surface area contributed by atoms with Crippen LogP contribution in [0.5, 0.6) is 11.5 Å². The summed E-state index contributed by atoms with van der Waals surface area (Å²) in [6.45, 7) is 0. The van der Waals surface area contributed by atoms with Gasteiger partial charge in [0.1, 0.15) is 5.82 Å². The third kappa shape index (κ3) is 2.48. The van der Waals surface area contributed by atoms with Crippen LogP contribution in [0.3, 0.4) is 0 Å². The number of ether oxygens (including phenoxy) is 2. The lowest BCUT2D eigenvalue weighted by atomic mass is 9.91. The summed E-state index contributed by atoms with van der Waals surface area (Å²) in [6, 6.07) is 5.75. The zero-order valence-electron chi connectivity index (χ0n) is 12.6. The van der Waals surface area contributed by atoms with Gasteiger partial charge in [-0.25, -0.2) is 4.98 Å². The standard InChI is InChI=1S/C15H17N3O3S/c1-16-15-18-14-13(22-15)9(7-12(19)17-14)8-4-5-10(20-2)11(6-8)21-3/h4-6,9H,7H2,1-3H3,(H,16,18)(H,17,19). The quantitative estimate of drug-likeness (QED) is 0.906. The molecule has 2 heterocycles. The smallest absolute Gasteiger partial charge is 0.226 e. The second-order valence-electron chi connectivity index (χ2n) is 4.90. The lowest BCUT2D eigenvalue weighted by Crippen LogP contribution is -2.22. The topological polar surface area (TPSA) is 72.5 Å². The Labute approximate surface area is 132 Å². The Morgan fingerprint density at radius 1 is 1.32 bits per heavy atom. The zero-order chi connectivity index (χ0) is 15.7. The van der Waals surface area contributed by atoms with Gasteiger partial charge in [0.15, 0.2) is 16.6 Å². The summed E-state index contributed by atoms with van der Waals surface area (Å²) in [5.41, 5.74) is 1.01. The molecular weight excluding hydrogens is 302 g/mol. The molecule has 1 aliphatic rings. The molecule has 0 bridgehead atoms. The van der Waals surface area contributed by atoms with Gasteiger partial charge in [-0.05, 0) is 17.7 Å². The van der Waals surface area contributed by atoms with E-state index in [0.717, 1.165) is 15.6 Å². The van der Waals surface area contributed by atoms with Gasteiger partial charge in [0.2, 0.25) is 5.91 Å². The predicted molar refractivity (Wildman–Crippen MR) is 86.3 cm³/mol. The first-order chi connectivity index (χ1) is 10.7. The molecule has 2 aromatic rings. The lowest BCUT2D eigenvalue weighted by Gasteiger charge is -2.22. The number of amides is 1. The average Bonchev–Trinajstić information content (AvgIpc) is 2.96. The van der Waals surface area contributed by atoms with E-state index < -0.39 is 0 Å². The Morgan fingerprint density at radius 2 is 2.09 bits per heavy atom. The van der Waals surface area contributed by atoms with E-state index in [4.69, 9.17) is 9.47 Å². The summed E-state index contributed by atoms with van der Waals surface area (Å²) in [6.07, 6.45) is 0.397. The van der Waals surface area contributed by atoms with Gasteiger partial charge in [-0.3, -0.25) is 4.79 Å². The molecule has 0 aliphatic carbocycles. The van der Waals surface area contributed by atoms with Gasteiger partial charge in [-0.15, -0.1) is 0 Å². The number of anilines is 2. The number of nitrogens with one attached hydrogen (secondary N) is 2. The molecule has 22 heavy (non-hydrogen) atoms. The van der Waals surface area contributed by atoms with Crippen LogP contribution in [0, 0.1) is 0 Å². The maximum absolute atomic E-state index is 12.0. The molecule has 116 valence electrons. The number of hydrogen-bond acceptors (Lipinski definition) is 6. The van der Waals surface area contributed by atoms with Crippen molar-refractivity contribution in [3.05, 3.63) is 28.6 Å². The summed E-state index contributed by atoms with van der Waals surface area (Å²) < 4.78 is 10.6. The van der Waals surface area contributed by atoms with Crippen molar-refractivity contribution >= 4 is 28.2 Å². The van der Waals surface area contributed by atoms with E-state index >= 15 is 0 Å². The molecule has 0 radical (unpaired) electrons. The monoisotopic (exact) mass is 319 g/mol. The highest BCUT2D eigenvalue weighted by molar-refractivity contribution is 7.16. The normalized spacial score (nSPS) is 16.7. The third-order valence-corrected chi connectivity index (χ3v) is 4.83.